The standard InChI is InChI=1S/C19H17ClN2O2/c20-14-5-3-4-13(10-14)11-18(23)21-12-19(24)22(15-8-9-15)17-7-2-1-6-16(17)21/h1-7,10,15H,8-9,11-12H2. The first kappa shape index (κ1) is 15.2. The predicted molar refractivity (Wildman–Crippen MR) is 94.5 cm³/mol. The molecule has 0 saturated heterocycles. The lowest BCUT2D eigenvalue weighted by atomic mass is 10.1. The summed E-state index contributed by atoms with van der Waals surface area (Å²) in [6, 6.07) is 15.2. The Morgan fingerprint density at radius 2 is 1.83 bits per heavy atom. The number of rotatable bonds is 3. The highest BCUT2D eigenvalue weighted by atomic mass is 35.5. The van der Waals surface area contributed by atoms with Crippen molar-refractivity contribution in [2.75, 3.05) is 16.3 Å². The van der Waals surface area contributed by atoms with Gasteiger partial charge in [-0.2, -0.15) is 0 Å². The van der Waals surface area contributed by atoms with E-state index >= 15 is 0 Å². The van der Waals surface area contributed by atoms with E-state index in [9.17, 15) is 9.59 Å². The number of amides is 2. The first-order valence-corrected chi connectivity index (χ1v) is 8.47. The number of carbonyl (C=O) groups is 2. The lowest BCUT2D eigenvalue weighted by Gasteiger charge is -2.36. The molecule has 1 aliphatic heterocycles. The summed E-state index contributed by atoms with van der Waals surface area (Å²) < 4.78 is 0. The SMILES string of the molecule is O=C(Cc1cccc(Cl)c1)N1CC(=O)N(C2CC2)c2ccccc21. The van der Waals surface area contributed by atoms with E-state index in [1.807, 2.05) is 41.3 Å². The third-order valence-corrected chi connectivity index (χ3v) is 4.69. The molecule has 0 aromatic heterocycles. The molecule has 1 fully saturated rings. The fourth-order valence-electron chi connectivity index (χ4n) is 3.20. The minimum Gasteiger partial charge on any atom is -0.306 e. The average molecular weight is 341 g/mol. The van der Waals surface area contributed by atoms with Crippen LogP contribution in [0.1, 0.15) is 18.4 Å². The van der Waals surface area contributed by atoms with E-state index in [-0.39, 0.29) is 24.8 Å². The molecular formula is C19H17ClN2O2. The molecule has 122 valence electrons. The fourth-order valence-corrected chi connectivity index (χ4v) is 3.41. The molecule has 4 nitrogen and oxygen atoms in total. The van der Waals surface area contributed by atoms with Gasteiger partial charge in [0.25, 0.3) is 0 Å². The van der Waals surface area contributed by atoms with Crippen LogP contribution < -0.4 is 9.80 Å². The van der Waals surface area contributed by atoms with Crippen LogP contribution in [0.2, 0.25) is 5.02 Å². The fraction of sp³-hybridized carbons (Fsp3) is 0.263. The first-order valence-electron chi connectivity index (χ1n) is 8.09. The van der Waals surface area contributed by atoms with Gasteiger partial charge in [-0.25, -0.2) is 0 Å². The van der Waals surface area contributed by atoms with Crippen molar-refractivity contribution in [3.05, 3.63) is 59.1 Å². The minimum atomic E-state index is -0.0893. The largest absolute Gasteiger partial charge is 0.306 e. The van der Waals surface area contributed by atoms with Gasteiger partial charge in [-0.05, 0) is 42.7 Å². The summed E-state index contributed by atoms with van der Waals surface area (Å²) in [6.07, 6.45) is 2.30. The van der Waals surface area contributed by atoms with Crippen LogP contribution in [0.5, 0.6) is 0 Å². The summed E-state index contributed by atoms with van der Waals surface area (Å²) in [6.45, 7) is 0.104. The van der Waals surface area contributed by atoms with Crippen LogP contribution in [-0.4, -0.2) is 24.4 Å². The maximum atomic E-state index is 12.8. The van der Waals surface area contributed by atoms with Crippen LogP contribution in [0.4, 0.5) is 11.4 Å². The molecule has 2 amide bonds. The smallest absolute Gasteiger partial charge is 0.247 e. The minimum absolute atomic E-state index is 0.00403. The van der Waals surface area contributed by atoms with Gasteiger partial charge in [-0.15, -0.1) is 0 Å². The second-order valence-electron chi connectivity index (χ2n) is 6.27. The number of anilines is 2. The molecule has 2 aliphatic rings. The predicted octanol–water partition coefficient (Wildman–Crippen LogP) is 3.42. The number of fused-ring (bicyclic) bond motifs is 1. The van der Waals surface area contributed by atoms with Crippen LogP contribution in [0.3, 0.4) is 0 Å². The van der Waals surface area contributed by atoms with E-state index in [0.717, 1.165) is 29.8 Å². The van der Waals surface area contributed by atoms with E-state index < -0.39 is 0 Å². The lowest BCUT2D eigenvalue weighted by Crippen LogP contribution is -2.49. The maximum absolute atomic E-state index is 12.8. The molecule has 1 heterocycles. The Kier molecular flexibility index (Phi) is 3.77. The van der Waals surface area contributed by atoms with Crippen molar-refractivity contribution in [1.29, 1.82) is 0 Å². The van der Waals surface area contributed by atoms with E-state index in [0.29, 0.717) is 11.1 Å². The molecule has 0 N–H and O–H groups in total. The summed E-state index contributed by atoms with van der Waals surface area (Å²) >= 11 is 5.99. The zero-order valence-electron chi connectivity index (χ0n) is 13.1. The van der Waals surface area contributed by atoms with Crippen molar-refractivity contribution in [2.24, 2.45) is 0 Å². The Balaban J connectivity index is 1.64. The summed E-state index contributed by atoms with van der Waals surface area (Å²) in [4.78, 5) is 28.8. The molecule has 2 aromatic carbocycles. The molecule has 0 bridgehead atoms. The molecule has 5 heteroatoms. The maximum Gasteiger partial charge on any atom is 0.247 e. The second-order valence-corrected chi connectivity index (χ2v) is 6.71. The van der Waals surface area contributed by atoms with Gasteiger partial charge in [0, 0.05) is 11.1 Å². The van der Waals surface area contributed by atoms with Crippen molar-refractivity contribution in [1.82, 2.24) is 0 Å². The van der Waals surface area contributed by atoms with Gasteiger partial charge in [-0.3, -0.25) is 9.59 Å². The molecule has 0 radical (unpaired) electrons. The van der Waals surface area contributed by atoms with Crippen LogP contribution in [0.15, 0.2) is 48.5 Å². The third kappa shape index (κ3) is 2.78. The molecule has 24 heavy (non-hydrogen) atoms. The monoisotopic (exact) mass is 340 g/mol. The highest BCUT2D eigenvalue weighted by Crippen LogP contribution is 2.40. The molecule has 1 aliphatic carbocycles. The zero-order valence-corrected chi connectivity index (χ0v) is 13.9. The summed E-state index contributed by atoms with van der Waals surface area (Å²) in [5.41, 5.74) is 2.51. The number of hydrogen-bond donors (Lipinski definition) is 0. The molecule has 4 rings (SSSR count). The number of hydrogen-bond acceptors (Lipinski definition) is 2. The van der Waals surface area contributed by atoms with Gasteiger partial charge in [0.2, 0.25) is 11.8 Å². The van der Waals surface area contributed by atoms with Gasteiger partial charge in [0.05, 0.1) is 17.8 Å². The van der Waals surface area contributed by atoms with Crippen molar-refractivity contribution in [3.8, 4) is 0 Å². The zero-order chi connectivity index (χ0) is 16.7. The quantitative estimate of drug-likeness (QED) is 0.859. The Labute approximate surface area is 145 Å². The van der Waals surface area contributed by atoms with E-state index in [1.165, 1.54) is 0 Å². The summed E-state index contributed by atoms with van der Waals surface area (Å²) in [7, 11) is 0. The Morgan fingerprint density at radius 3 is 2.54 bits per heavy atom. The van der Waals surface area contributed by atoms with Crippen molar-refractivity contribution >= 4 is 34.8 Å². The normalized spacial score (nSPS) is 17.0. The molecule has 0 atom stereocenters. The first-order chi connectivity index (χ1) is 11.6. The van der Waals surface area contributed by atoms with Crippen LogP contribution in [0.25, 0.3) is 0 Å². The summed E-state index contributed by atoms with van der Waals surface area (Å²) in [5.74, 6) is -0.0934. The van der Waals surface area contributed by atoms with Crippen molar-refractivity contribution < 1.29 is 9.59 Å². The van der Waals surface area contributed by atoms with Gasteiger partial charge in [0.15, 0.2) is 0 Å². The van der Waals surface area contributed by atoms with Gasteiger partial charge in [0.1, 0.15) is 6.54 Å². The topological polar surface area (TPSA) is 40.6 Å². The molecule has 1 saturated carbocycles. The number of para-hydroxylation sites is 2. The van der Waals surface area contributed by atoms with Crippen LogP contribution >= 0.6 is 11.6 Å². The third-order valence-electron chi connectivity index (χ3n) is 4.45. The van der Waals surface area contributed by atoms with E-state index in [4.69, 9.17) is 11.6 Å². The number of benzene rings is 2. The van der Waals surface area contributed by atoms with E-state index in [2.05, 4.69) is 0 Å². The van der Waals surface area contributed by atoms with Crippen LogP contribution in [0, 0.1) is 0 Å². The molecular weight excluding hydrogens is 324 g/mol. The second kappa shape index (κ2) is 5.95. The van der Waals surface area contributed by atoms with Gasteiger partial charge in [-0.1, -0.05) is 35.9 Å². The molecule has 2 aromatic rings. The van der Waals surface area contributed by atoms with Crippen molar-refractivity contribution in [3.63, 3.8) is 0 Å². The highest BCUT2D eigenvalue weighted by Gasteiger charge is 2.40. The van der Waals surface area contributed by atoms with Crippen molar-refractivity contribution in [2.45, 2.75) is 25.3 Å². The van der Waals surface area contributed by atoms with Crippen LogP contribution in [-0.2, 0) is 16.0 Å². The molecule has 0 unspecified atom stereocenters. The molecule has 0 spiro atoms. The number of nitrogens with zero attached hydrogens (tertiary/aromatic N) is 2. The highest BCUT2D eigenvalue weighted by molar-refractivity contribution is 6.30. The number of carbonyl (C=O) groups excluding carboxylic acids is 2. The Bertz CT molecular complexity index is 817. The van der Waals surface area contributed by atoms with E-state index in [1.54, 1.807) is 17.0 Å². The Morgan fingerprint density at radius 1 is 1.08 bits per heavy atom. The number of halogens is 1. The lowest BCUT2D eigenvalue weighted by molar-refractivity contribution is -0.122. The average Bonchev–Trinajstić information content (AvgIpc) is 3.38. The van der Waals surface area contributed by atoms with Gasteiger partial charge >= 0.3 is 0 Å². The van der Waals surface area contributed by atoms with Gasteiger partial charge < -0.3 is 9.80 Å². The Hall–Kier alpha value is -2.33. The summed E-state index contributed by atoms with van der Waals surface area (Å²) in [5, 5.41) is 0.607.